The van der Waals surface area contributed by atoms with Crippen molar-refractivity contribution in [3.05, 3.63) is 30.1 Å². The van der Waals surface area contributed by atoms with Gasteiger partial charge in [0, 0.05) is 18.8 Å². The molecule has 0 aliphatic carbocycles. The van der Waals surface area contributed by atoms with Crippen LogP contribution in [-0.4, -0.2) is 41.2 Å². The lowest BCUT2D eigenvalue weighted by atomic mass is 9.85. The van der Waals surface area contributed by atoms with Crippen molar-refractivity contribution in [3.63, 3.8) is 0 Å². The normalized spacial score (nSPS) is 25.4. The maximum absolute atomic E-state index is 11.9. The van der Waals surface area contributed by atoms with Crippen LogP contribution in [0.2, 0.25) is 0 Å². The van der Waals surface area contributed by atoms with E-state index in [1.807, 2.05) is 12.1 Å². The highest BCUT2D eigenvalue weighted by Gasteiger charge is 2.47. The topological polar surface area (TPSA) is 88.5 Å². The van der Waals surface area contributed by atoms with Gasteiger partial charge < -0.3 is 15.2 Å². The number of aryl methyl sites for hydroxylation is 1. The van der Waals surface area contributed by atoms with Crippen molar-refractivity contribution in [2.75, 3.05) is 13.2 Å². The van der Waals surface area contributed by atoms with E-state index in [-0.39, 0.29) is 19.1 Å². The number of carboxylic acid groups (broad SMARTS) is 1. The number of nitrogens with one attached hydrogen (secondary N) is 1. The number of carbonyl (C=O) groups is 2. The second-order valence-corrected chi connectivity index (χ2v) is 5.22. The summed E-state index contributed by atoms with van der Waals surface area (Å²) in [5, 5.41) is 12.0. The predicted octanol–water partition coefficient (Wildman–Crippen LogP) is 0.620. The SMILES string of the molecule is CC1(C(=O)O)COCC1NC(=O)CCc1cccnc1. The summed E-state index contributed by atoms with van der Waals surface area (Å²) in [6.07, 6.45) is 4.28. The van der Waals surface area contributed by atoms with Gasteiger partial charge in [-0.15, -0.1) is 0 Å². The van der Waals surface area contributed by atoms with Crippen LogP contribution in [0.25, 0.3) is 0 Å². The number of pyridine rings is 1. The Labute approximate surface area is 117 Å². The van der Waals surface area contributed by atoms with E-state index in [0.717, 1.165) is 5.56 Å². The Morgan fingerprint density at radius 3 is 3.05 bits per heavy atom. The third-order valence-corrected chi connectivity index (χ3v) is 3.64. The van der Waals surface area contributed by atoms with Crippen LogP contribution in [0.3, 0.4) is 0 Å². The maximum Gasteiger partial charge on any atom is 0.313 e. The van der Waals surface area contributed by atoms with E-state index in [0.29, 0.717) is 12.8 Å². The van der Waals surface area contributed by atoms with Gasteiger partial charge in [0.05, 0.1) is 19.3 Å². The number of aliphatic carboxylic acids is 1. The molecule has 1 aliphatic heterocycles. The predicted molar refractivity (Wildman–Crippen MR) is 71.1 cm³/mol. The van der Waals surface area contributed by atoms with E-state index in [1.165, 1.54) is 0 Å². The molecule has 0 radical (unpaired) electrons. The second kappa shape index (κ2) is 6.00. The van der Waals surface area contributed by atoms with Gasteiger partial charge >= 0.3 is 5.97 Å². The van der Waals surface area contributed by atoms with Crippen LogP contribution in [0.4, 0.5) is 0 Å². The maximum atomic E-state index is 11.9. The lowest BCUT2D eigenvalue weighted by Gasteiger charge is -2.25. The van der Waals surface area contributed by atoms with Crippen LogP contribution in [0.15, 0.2) is 24.5 Å². The molecule has 0 bridgehead atoms. The lowest BCUT2D eigenvalue weighted by Crippen LogP contribution is -2.49. The molecule has 1 saturated heterocycles. The van der Waals surface area contributed by atoms with Crippen LogP contribution in [0, 0.1) is 5.41 Å². The smallest absolute Gasteiger partial charge is 0.313 e. The van der Waals surface area contributed by atoms with Gasteiger partial charge in [0.1, 0.15) is 5.41 Å². The molecule has 0 aromatic carbocycles. The largest absolute Gasteiger partial charge is 0.481 e. The van der Waals surface area contributed by atoms with Crippen molar-refractivity contribution in [1.82, 2.24) is 10.3 Å². The van der Waals surface area contributed by atoms with Crippen LogP contribution >= 0.6 is 0 Å². The van der Waals surface area contributed by atoms with E-state index in [9.17, 15) is 14.7 Å². The standard InChI is InChI=1S/C14H18N2O4/c1-14(13(18)19)9-20-8-11(14)16-12(17)5-4-10-3-2-6-15-7-10/h2-3,6-7,11H,4-5,8-9H2,1H3,(H,16,17)(H,18,19). The number of hydrogen-bond acceptors (Lipinski definition) is 4. The van der Waals surface area contributed by atoms with Gasteiger partial charge in [-0.25, -0.2) is 0 Å². The molecule has 2 rings (SSSR count). The highest BCUT2D eigenvalue weighted by atomic mass is 16.5. The minimum Gasteiger partial charge on any atom is -0.481 e. The Hall–Kier alpha value is -1.95. The van der Waals surface area contributed by atoms with Crippen molar-refractivity contribution < 1.29 is 19.4 Å². The molecular weight excluding hydrogens is 260 g/mol. The monoisotopic (exact) mass is 278 g/mol. The number of hydrogen-bond donors (Lipinski definition) is 2. The molecule has 20 heavy (non-hydrogen) atoms. The van der Waals surface area contributed by atoms with E-state index in [4.69, 9.17) is 4.74 Å². The first-order valence-corrected chi connectivity index (χ1v) is 6.52. The highest BCUT2D eigenvalue weighted by Crippen LogP contribution is 2.28. The molecule has 0 saturated carbocycles. The van der Waals surface area contributed by atoms with Gasteiger partial charge in [0.15, 0.2) is 0 Å². The quantitative estimate of drug-likeness (QED) is 0.824. The number of ether oxygens (including phenoxy) is 1. The van der Waals surface area contributed by atoms with Crippen molar-refractivity contribution in [3.8, 4) is 0 Å². The molecule has 108 valence electrons. The van der Waals surface area contributed by atoms with Crippen LogP contribution in [0.5, 0.6) is 0 Å². The average Bonchev–Trinajstić information content (AvgIpc) is 2.80. The van der Waals surface area contributed by atoms with Crippen molar-refractivity contribution in [2.24, 2.45) is 5.41 Å². The molecule has 1 aromatic heterocycles. The Bertz CT molecular complexity index is 491. The minimum atomic E-state index is -1.05. The van der Waals surface area contributed by atoms with Gasteiger partial charge in [-0.05, 0) is 25.0 Å². The van der Waals surface area contributed by atoms with Gasteiger partial charge in [-0.1, -0.05) is 6.07 Å². The Balaban J connectivity index is 1.87. The first-order chi connectivity index (χ1) is 9.52. The average molecular weight is 278 g/mol. The van der Waals surface area contributed by atoms with Gasteiger partial charge in [-0.2, -0.15) is 0 Å². The third kappa shape index (κ3) is 3.14. The molecule has 6 nitrogen and oxygen atoms in total. The summed E-state index contributed by atoms with van der Waals surface area (Å²) < 4.78 is 5.19. The summed E-state index contributed by atoms with van der Waals surface area (Å²) in [4.78, 5) is 27.1. The Kier molecular flexibility index (Phi) is 4.34. The van der Waals surface area contributed by atoms with E-state index < -0.39 is 17.4 Å². The molecule has 6 heteroatoms. The number of carbonyl (C=O) groups excluding carboxylic acids is 1. The minimum absolute atomic E-state index is 0.121. The fourth-order valence-corrected chi connectivity index (χ4v) is 2.16. The van der Waals surface area contributed by atoms with Crippen molar-refractivity contribution in [2.45, 2.75) is 25.8 Å². The molecule has 1 amide bonds. The zero-order valence-electron chi connectivity index (χ0n) is 11.3. The van der Waals surface area contributed by atoms with Gasteiger partial charge in [0.25, 0.3) is 0 Å². The molecule has 2 N–H and O–H groups in total. The number of rotatable bonds is 5. The van der Waals surface area contributed by atoms with E-state index >= 15 is 0 Å². The van der Waals surface area contributed by atoms with Gasteiger partial charge in [-0.3, -0.25) is 14.6 Å². The fourth-order valence-electron chi connectivity index (χ4n) is 2.16. The molecule has 2 atom stereocenters. The summed E-state index contributed by atoms with van der Waals surface area (Å²) in [5.41, 5.74) is -0.0736. The molecule has 1 aliphatic rings. The third-order valence-electron chi connectivity index (χ3n) is 3.64. The Morgan fingerprint density at radius 1 is 1.60 bits per heavy atom. The summed E-state index contributed by atoms with van der Waals surface area (Å²) in [5.74, 6) is -1.12. The second-order valence-electron chi connectivity index (χ2n) is 5.22. The molecular formula is C14H18N2O4. The number of aromatic nitrogens is 1. The van der Waals surface area contributed by atoms with Crippen molar-refractivity contribution >= 4 is 11.9 Å². The van der Waals surface area contributed by atoms with Crippen LogP contribution < -0.4 is 5.32 Å². The highest BCUT2D eigenvalue weighted by molar-refractivity contribution is 5.80. The van der Waals surface area contributed by atoms with Crippen LogP contribution in [-0.2, 0) is 20.7 Å². The van der Waals surface area contributed by atoms with Crippen molar-refractivity contribution in [1.29, 1.82) is 0 Å². The summed E-state index contributed by atoms with van der Waals surface area (Å²) >= 11 is 0. The summed E-state index contributed by atoms with van der Waals surface area (Å²) in [6, 6.07) is 3.24. The number of amides is 1. The molecule has 1 fully saturated rings. The molecule has 1 aromatic rings. The lowest BCUT2D eigenvalue weighted by molar-refractivity contribution is -0.149. The molecule has 2 unspecified atom stereocenters. The van der Waals surface area contributed by atoms with Gasteiger partial charge in [0.2, 0.25) is 5.91 Å². The zero-order chi connectivity index (χ0) is 14.6. The molecule has 2 heterocycles. The Morgan fingerprint density at radius 2 is 2.40 bits per heavy atom. The molecule has 0 spiro atoms. The number of carboxylic acids is 1. The first kappa shape index (κ1) is 14.5. The van der Waals surface area contributed by atoms with E-state index in [2.05, 4.69) is 10.3 Å². The first-order valence-electron chi connectivity index (χ1n) is 6.52. The van der Waals surface area contributed by atoms with Crippen LogP contribution in [0.1, 0.15) is 18.9 Å². The summed E-state index contributed by atoms with van der Waals surface area (Å²) in [7, 11) is 0. The van der Waals surface area contributed by atoms with E-state index in [1.54, 1.807) is 19.3 Å². The summed E-state index contributed by atoms with van der Waals surface area (Å²) in [6.45, 7) is 1.95. The number of nitrogens with zero attached hydrogens (tertiary/aromatic N) is 1. The zero-order valence-corrected chi connectivity index (χ0v) is 11.3. The fraction of sp³-hybridized carbons (Fsp3) is 0.500.